The van der Waals surface area contributed by atoms with Crippen LogP contribution in [0.25, 0.3) is 0 Å². The number of benzene rings is 1. The van der Waals surface area contributed by atoms with Crippen LogP contribution in [0.3, 0.4) is 0 Å². The number of amides is 1. The van der Waals surface area contributed by atoms with Crippen LogP contribution in [0.15, 0.2) is 12.1 Å². The highest BCUT2D eigenvalue weighted by molar-refractivity contribution is 5.85. The molecule has 17 heavy (non-hydrogen) atoms. The average molecular weight is 241 g/mol. The zero-order valence-electron chi connectivity index (χ0n) is 9.09. The van der Waals surface area contributed by atoms with Crippen LogP contribution < -0.4 is 16.4 Å². The van der Waals surface area contributed by atoms with E-state index in [1.807, 2.05) is 0 Å². The molecule has 1 amide bonds. The van der Waals surface area contributed by atoms with Crippen molar-refractivity contribution < 1.29 is 13.6 Å². The van der Waals surface area contributed by atoms with Crippen molar-refractivity contribution in [1.82, 2.24) is 5.32 Å². The number of halogens is 2. The standard InChI is InChI=1S/C11H13F2N3O/c12-7-4-6(14)5-8(13)10(7)16-9-2-1-3-15-11(9)17/h4-5,9,16H,1-3,14H2,(H,15,17). The van der Waals surface area contributed by atoms with Gasteiger partial charge in [0.15, 0.2) is 11.6 Å². The van der Waals surface area contributed by atoms with E-state index >= 15 is 0 Å². The first-order valence-corrected chi connectivity index (χ1v) is 5.36. The van der Waals surface area contributed by atoms with Gasteiger partial charge < -0.3 is 16.4 Å². The summed E-state index contributed by atoms with van der Waals surface area (Å²) >= 11 is 0. The molecule has 1 aliphatic rings. The molecule has 1 saturated heterocycles. The normalized spacial score (nSPS) is 19.9. The highest BCUT2D eigenvalue weighted by Crippen LogP contribution is 2.23. The summed E-state index contributed by atoms with van der Waals surface area (Å²) in [6, 6.07) is 1.44. The monoisotopic (exact) mass is 241 g/mol. The molecule has 1 fully saturated rings. The number of hydrogen-bond acceptors (Lipinski definition) is 3. The average Bonchev–Trinajstić information content (AvgIpc) is 2.25. The van der Waals surface area contributed by atoms with E-state index in [-0.39, 0.29) is 17.3 Å². The van der Waals surface area contributed by atoms with Crippen molar-refractivity contribution in [3.8, 4) is 0 Å². The molecule has 0 saturated carbocycles. The number of carbonyl (C=O) groups is 1. The summed E-state index contributed by atoms with van der Waals surface area (Å²) in [5.41, 5.74) is 5.01. The van der Waals surface area contributed by atoms with Gasteiger partial charge >= 0.3 is 0 Å². The molecule has 2 rings (SSSR count). The summed E-state index contributed by atoms with van der Waals surface area (Å²) in [5.74, 6) is -1.83. The molecule has 0 spiro atoms. The SMILES string of the molecule is Nc1cc(F)c(NC2CCCNC2=O)c(F)c1. The molecule has 0 aliphatic carbocycles. The zero-order chi connectivity index (χ0) is 12.4. The summed E-state index contributed by atoms with van der Waals surface area (Å²) in [6.45, 7) is 0.601. The third-order valence-corrected chi connectivity index (χ3v) is 2.67. The summed E-state index contributed by atoms with van der Waals surface area (Å²) in [4.78, 5) is 11.4. The molecule has 0 bridgehead atoms. The Morgan fingerprint density at radius 3 is 2.59 bits per heavy atom. The molecule has 4 nitrogen and oxygen atoms in total. The first kappa shape index (κ1) is 11.6. The predicted molar refractivity (Wildman–Crippen MR) is 60.4 cm³/mol. The van der Waals surface area contributed by atoms with Crippen LogP contribution in [0.4, 0.5) is 20.2 Å². The molecule has 0 aromatic heterocycles. The molecule has 1 aromatic carbocycles. The second-order valence-corrected chi connectivity index (χ2v) is 3.99. The Bertz CT molecular complexity index is 427. The third kappa shape index (κ3) is 2.46. The molecule has 1 unspecified atom stereocenters. The third-order valence-electron chi connectivity index (χ3n) is 2.67. The maximum atomic E-state index is 13.5. The molecule has 92 valence electrons. The van der Waals surface area contributed by atoms with Gasteiger partial charge in [-0.1, -0.05) is 0 Å². The van der Waals surface area contributed by atoms with E-state index in [1.165, 1.54) is 0 Å². The molecule has 1 heterocycles. The minimum Gasteiger partial charge on any atom is -0.399 e. The van der Waals surface area contributed by atoms with Crippen LogP contribution in [0, 0.1) is 11.6 Å². The van der Waals surface area contributed by atoms with Crippen molar-refractivity contribution in [2.75, 3.05) is 17.6 Å². The zero-order valence-corrected chi connectivity index (χ0v) is 9.09. The fraction of sp³-hybridized carbons (Fsp3) is 0.364. The van der Waals surface area contributed by atoms with E-state index in [9.17, 15) is 13.6 Å². The quantitative estimate of drug-likeness (QED) is 0.682. The summed E-state index contributed by atoms with van der Waals surface area (Å²) < 4.78 is 27.0. The highest BCUT2D eigenvalue weighted by atomic mass is 19.1. The predicted octanol–water partition coefficient (Wildman–Crippen LogP) is 1.24. The lowest BCUT2D eigenvalue weighted by Crippen LogP contribution is -2.44. The molecule has 4 N–H and O–H groups in total. The van der Waals surface area contributed by atoms with Gasteiger partial charge in [-0.15, -0.1) is 0 Å². The molecular weight excluding hydrogens is 228 g/mol. The Hall–Kier alpha value is -1.85. The second kappa shape index (κ2) is 4.57. The minimum atomic E-state index is -0.791. The number of anilines is 2. The molecular formula is C11H13F2N3O. The minimum absolute atomic E-state index is 0.0126. The summed E-state index contributed by atoms with van der Waals surface area (Å²) in [7, 11) is 0. The smallest absolute Gasteiger partial charge is 0.242 e. The van der Waals surface area contributed by atoms with Crippen molar-refractivity contribution in [1.29, 1.82) is 0 Å². The van der Waals surface area contributed by atoms with Gasteiger partial charge in [0.05, 0.1) is 0 Å². The summed E-state index contributed by atoms with van der Waals surface area (Å²) in [6.07, 6.45) is 1.33. The summed E-state index contributed by atoms with van der Waals surface area (Å²) in [5, 5.41) is 5.21. The number of nitrogens with two attached hydrogens (primary N) is 1. The first-order valence-electron chi connectivity index (χ1n) is 5.36. The number of hydrogen-bond donors (Lipinski definition) is 3. The van der Waals surface area contributed by atoms with Crippen LogP contribution in [0.1, 0.15) is 12.8 Å². The van der Waals surface area contributed by atoms with Crippen molar-refractivity contribution in [3.05, 3.63) is 23.8 Å². The first-order chi connectivity index (χ1) is 8.08. The lowest BCUT2D eigenvalue weighted by molar-refractivity contribution is -0.123. The molecule has 1 aromatic rings. The Labute approximate surface area is 97.2 Å². The maximum Gasteiger partial charge on any atom is 0.242 e. The van der Waals surface area contributed by atoms with Crippen LogP contribution in [-0.2, 0) is 4.79 Å². The number of rotatable bonds is 2. The Balaban J connectivity index is 2.20. The van der Waals surface area contributed by atoms with Crippen LogP contribution >= 0.6 is 0 Å². The van der Waals surface area contributed by atoms with Gasteiger partial charge in [0, 0.05) is 12.2 Å². The van der Waals surface area contributed by atoms with E-state index in [0.29, 0.717) is 13.0 Å². The number of nitrogens with one attached hydrogen (secondary N) is 2. The van der Waals surface area contributed by atoms with Crippen LogP contribution in [0.5, 0.6) is 0 Å². The Morgan fingerprint density at radius 1 is 1.35 bits per heavy atom. The van der Waals surface area contributed by atoms with Crippen molar-refractivity contribution >= 4 is 17.3 Å². The second-order valence-electron chi connectivity index (χ2n) is 3.99. The van der Waals surface area contributed by atoms with Gasteiger partial charge in [-0.05, 0) is 25.0 Å². The topological polar surface area (TPSA) is 67.2 Å². The van der Waals surface area contributed by atoms with Crippen LogP contribution in [-0.4, -0.2) is 18.5 Å². The fourth-order valence-corrected chi connectivity index (χ4v) is 1.81. The maximum absolute atomic E-state index is 13.5. The Morgan fingerprint density at radius 2 is 2.00 bits per heavy atom. The van der Waals surface area contributed by atoms with Gasteiger partial charge in [0.2, 0.25) is 5.91 Å². The van der Waals surface area contributed by atoms with Gasteiger partial charge in [-0.3, -0.25) is 4.79 Å². The van der Waals surface area contributed by atoms with Gasteiger partial charge in [0.1, 0.15) is 11.7 Å². The van der Waals surface area contributed by atoms with E-state index < -0.39 is 17.7 Å². The van der Waals surface area contributed by atoms with Crippen molar-refractivity contribution in [3.63, 3.8) is 0 Å². The fourth-order valence-electron chi connectivity index (χ4n) is 1.81. The lowest BCUT2D eigenvalue weighted by atomic mass is 10.1. The van der Waals surface area contributed by atoms with Crippen molar-refractivity contribution in [2.24, 2.45) is 0 Å². The molecule has 6 heteroatoms. The van der Waals surface area contributed by atoms with E-state index in [4.69, 9.17) is 5.73 Å². The van der Waals surface area contributed by atoms with E-state index in [1.54, 1.807) is 0 Å². The Kier molecular flexibility index (Phi) is 3.12. The number of piperidine rings is 1. The largest absolute Gasteiger partial charge is 0.399 e. The van der Waals surface area contributed by atoms with Crippen LogP contribution in [0.2, 0.25) is 0 Å². The van der Waals surface area contributed by atoms with E-state index in [2.05, 4.69) is 10.6 Å². The molecule has 1 atom stereocenters. The number of nitrogen functional groups attached to an aromatic ring is 1. The number of carbonyl (C=O) groups excluding carboxylic acids is 1. The van der Waals surface area contributed by atoms with Gasteiger partial charge in [-0.2, -0.15) is 0 Å². The highest BCUT2D eigenvalue weighted by Gasteiger charge is 2.24. The van der Waals surface area contributed by atoms with Gasteiger partial charge in [-0.25, -0.2) is 8.78 Å². The van der Waals surface area contributed by atoms with Crippen molar-refractivity contribution in [2.45, 2.75) is 18.9 Å². The van der Waals surface area contributed by atoms with Gasteiger partial charge in [0.25, 0.3) is 0 Å². The molecule has 0 radical (unpaired) electrons. The van der Waals surface area contributed by atoms with E-state index in [0.717, 1.165) is 18.6 Å². The molecule has 1 aliphatic heterocycles. The lowest BCUT2D eigenvalue weighted by Gasteiger charge is -2.24.